The Bertz CT molecular complexity index is 834. The Balaban J connectivity index is 1.76. The Labute approximate surface area is 143 Å². The zero-order valence-corrected chi connectivity index (χ0v) is 13.7. The summed E-state index contributed by atoms with van der Waals surface area (Å²) in [7, 11) is 0. The molecular formula is C16H17ClFN5O. The third kappa shape index (κ3) is 2.35. The first-order valence-corrected chi connectivity index (χ1v) is 8.28. The van der Waals surface area contributed by atoms with Crippen LogP contribution in [0.15, 0.2) is 12.1 Å². The largest absolute Gasteiger partial charge is 0.384 e. The minimum atomic E-state index is -0.522. The molecule has 0 amide bonds. The Morgan fingerprint density at radius 2 is 2.25 bits per heavy atom. The normalized spacial score (nSPS) is 19.3. The van der Waals surface area contributed by atoms with Crippen molar-refractivity contribution in [2.45, 2.75) is 25.3 Å². The first-order valence-electron chi connectivity index (χ1n) is 7.90. The van der Waals surface area contributed by atoms with Crippen LogP contribution in [0.25, 0.3) is 0 Å². The highest BCUT2D eigenvalue weighted by atomic mass is 35.5. The van der Waals surface area contributed by atoms with Crippen LogP contribution in [0, 0.1) is 5.82 Å². The number of hydrogen-bond donors (Lipinski definition) is 3. The summed E-state index contributed by atoms with van der Waals surface area (Å²) in [6.07, 6.45) is 1.27. The van der Waals surface area contributed by atoms with Crippen LogP contribution in [0.2, 0.25) is 5.02 Å². The van der Waals surface area contributed by atoms with Gasteiger partial charge in [0.15, 0.2) is 0 Å². The Morgan fingerprint density at radius 1 is 1.42 bits per heavy atom. The van der Waals surface area contributed by atoms with Crippen molar-refractivity contribution >= 4 is 29.0 Å². The predicted octanol–water partition coefficient (Wildman–Crippen LogP) is 2.14. The second-order valence-corrected chi connectivity index (χ2v) is 6.51. The molecule has 0 saturated carbocycles. The number of nitrogen functional groups attached to an aromatic ring is 1. The van der Waals surface area contributed by atoms with Gasteiger partial charge in [-0.25, -0.2) is 4.39 Å². The lowest BCUT2D eigenvalue weighted by Crippen LogP contribution is -2.28. The summed E-state index contributed by atoms with van der Waals surface area (Å²) in [6.45, 7) is 2.00. The Hall–Kier alpha value is -2.12. The molecule has 0 radical (unpaired) electrons. The van der Waals surface area contributed by atoms with E-state index >= 15 is 0 Å². The van der Waals surface area contributed by atoms with E-state index in [4.69, 9.17) is 17.3 Å². The molecule has 0 aliphatic carbocycles. The molecule has 2 aromatic rings. The monoisotopic (exact) mass is 349 g/mol. The molecule has 1 aromatic heterocycles. The number of rotatable bonds is 1. The van der Waals surface area contributed by atoms with E-state index in [1.54, 1.807) is 0 Å². The van der Waals surface area contributed by atoms with E-state index in [0.717, 1.165) is 24.2 Å². The molecule has 8 heteroatoms. The summed E-state index contributed by atoms with van der Waals surface area (Å²) < 4.78 is 15.1. The number of nitrogens with zero attached hydrogens (tertiary/aromatic N) is 2. The lowest BCUT2D eigenvalue weighted by Gasteiger charge is -2.26. The standard InChI is InChI=1S/C16H17ClFN5O/c17-12-6-8(18)5-10-9(1-4-21-14(10)12)16(24)23-15(19)11-7-20-3-2-13(11)22-23/h5-6,9,20-21H,1-4,7,19H2. The molecule has 3 heterocycles. The molecule has 0 bridgehead atoms. The molecule has 1 aromatic carbocycles. The molecule has 24 heavy (non-hydrogen) atoms. The number of fused-ring (bicyclic) bond motifs is 2. The average Bonchev–Trinajstić information content (AvgIpc) is 2.91. The van der Waals surface area contributed by atoms with Gasteiger partial charge in [-0.1, -0.05) is 11.6 Å². The average molecular weight is 350 g/mol. The molecule has 0 fully saturated rings. The summed E-state index contributed by atoms with van der Waals surface area (Å²) in [4.78, 5) is 13.0. The van der Waals surface area contributed by atoms with Crippen molar-refractivity contribution in [3.05, 3.63) is 39.8 Å². The zero-order valence-electron chi connectivity index (χ0n) is 12.9. The third-order valence-corrected chi connectivity index (χ3v) is 4.95. The lowest BCUT2D eigenvalue weighted by molar-refractivity contribution is 0.0859. The first kappa shape index (κ1) is 15.4. The highest BCUT2D eigenvalue weighted by molar-refractivity contribution is 6.33. The molecule has 2 aliphatic heterocycles. The Kier molecular flexibility index (Phi) is 3.69. The highest BCUT2D eigenvalue weighted by Gasteiger charge is 2.32. The fourth-order valence-electron chi connectivity index (χ4n) is 3.45. The van der Waals surface area contributed by atoms with Crippen molar-refractivity contribution < 1.29 is 9.18 Å². The zero-order chi connectivity index (χ0) is 16.8. The number of hydrogen-bond acceptors (Lipinski definition) is 5. The van der Waals surface area contributed by atoms with Gasteiger partial charge < -0.3 is 16.4 Å². The Morgan fingerprint density at radius 3 is 3.04 bits per heavy atom. The molecule has 0 saturated heterocycles. The van der Waals surface area contributed by atoms with Gasteiger partial charge in [-0.3, -0.25) is 4.79 Å². The molecule has 126 valence electrons. The molecule has 1 atom stereocenters. The van der Waals surface area contributed by atoms with Crippen LogP contribution >= 0.6 is 11.6 Å². The summed E-state index contributed by atoms with van der Waals surface area (Å²) in [6, 6.07) is 2.60. The van der Waals surface area contributed by atoms with Gasteiger partial charge in [0.1, 0.15) is 11.6 Å². The van der Waals surface area contributed by atoms with Gasteiger partial charge in [0, 0.05) is 31.6 Å². The number of carbonyl (C=O) groups excluding carboxylic acids is 1. The minimum Gasteiger partial charge on any atom is -0.384 e. The number of nitrogens with two attached hydrogens (primary N) is 1. The smallest absolute Gasteiger partial charge is 0.256 e. The topological polar surface area (TPSA) is 85.0 Å². The molecule has 1 unspecified atom stereocenters. The van der Waals surface area contributed by atoms with Gasteiger partial charge >= 0.3 is 0 Å². The van der Waals surface area contributed by atoms with Crippen LogP contribution in [0.4, 0.5) is 15.9 Å². The first-order chi connectivity index (χ1) is 11.6. The van der Waals surface area contributed by atoms with E-state index < -0.39 is 11.7 Å². The molecule has 4 N–H and O–H groups in total. The quantitative estimate of drug-likeness (QED) is 0.734. The fourth-order valence-corrected chi connectivity index (χ4v) is 3.73. The number of carbonyl (C=O) groups is 1. The summed E-state index contributed by atoms with van der Waals surface area (Å²) in [5.74, 6) is -0.862. The lowest BCUT2D eigenvalue weighted by atomic mass is 9.90. The number of anilines is 2. The van der Waals surface area contributed by atoms with Crippen molar-refractivity contribution in [2.75, 3.05) is 24.1 Å². The van der Waals surface area contributed by atoms with Crippen LogP contribution in [0.1, 0.15) is 34.0 Å². The molecule has 4 rings (SSSR count). The second kappa shape index (κ2) is 5.75. The number of aromatic nitrogens is 2. The number of benzene rings is 1. The van der Waals surface area contributed by atoms with Crippen LogP contribution < -0.4 is 16.4 Å². The van der Waals surface area contributed by atoms with E-state index in [1.807, 2.05) is 0 Å². The van der Waals surface area contributed by atoms with Gasteiger partial charge in [0.2, 0.25) is 0 Å². The maximum Gasteiger partial charge on any atom is 0.256 e. The maximum absolute atomic E-state index is 13.8. The van der Waals surface area contributed by atoms with E-state index in [9.17, 15) is 9.18 Å². The van der Waals surface area contributed by atoms with Crippen LogP contribution in [-0.4, -0.2) is 28.8 Å². The van der Waals surface area contributed by atoms with E-state index in [2.05, 4.69) is 15.7 Å². The molecule has 2 aliphatic rings. The van der Waals surface area contributed by atoms with Gasteiger partial charge in [0.05, 0.1) is 22.3 Å². The van der Waals surface area contributed by atoms with Crippen molar-refractivity contribution in [1.82, 2.24) is 15.1 Å². The second-order valence-electron chi connectivity index (χ2n) is 6.11. The van der Waals surface area contributed by atoms with Crippen molar-refractivity contribution in [1.29, 1.82) is 0 Å². The van der Waals surface area contributed by atoms with Crippen molar-refractivity contribution in [3.63, 3.8) is 0 Å². The summed E-state index contributed by atoms with van der Waals surface area (Å²) >= 11 is 6.11. The van der Waals surface area contributed by atoms with Crippen LogP contribution in [0.3, 0.4) is 0 Å². The molecular weight excluding hydrogens is 333 g/mol. The number of nitrogens with one attached hydrogen (secondary N) is 2. The molecule has 0 spiro atoms. The minimum absolute atomic E-state index is 0.244. The van der Waals surface area contributed by atoms with Crippen molar-refractivity contribution in [2.24, 2.45) is 0 Å². The highest BCUT2D eigenvalue weighted by Crippen LogP contribution is 2.38. The summed E-state index contributed by atoms with van der Waals surface area (Å²) in [5, 5.41) is 11.0. The van der Waals surface area contributed by atoms with E-state index in [0.29, 0.717) is 36.6 Å². The van der Waals surface area contributed by atoms with Crippen LogP contribution in [0.5, 0.6) is 0 Å². The van der Waals surface area contributed by atoms with Gasteiger partial charge in [-0.2, -0.15) is 9.78 Å². The van der Waals surface area contributed by atoms with E-state index in [-0.39, 0.29) is 10.9 Å². The predicted molar refractivity (Wildman–Crippen MR) is 89.9 cm³/mol. The van der Waals surface area contributed by atoms with Gasteiger partial charge in [-0.05, 0) is 24.1 Å². The van der Waals surface area contributed by atoms with Crippen molar-refractivity contribution in [3.8, 4) is 0 Å². The van der Waals surface area contributed by atoms with E-state index in [1.165, 1.54) is 16.8 Å². The fraction of sp³-hybridized carbons (Fsp3) is 0.375. The summed E-state index contributed by atoms with van der Waals surface area (Å²) in [5.41, 5.74) is 9.03. The SMILES string of the molecule is Nc1c2c(nn1C(=O)C1CCNc3c(Cl)cc(F)cc31)CCNC2. The third-order valence-electron chi connectivity index (χ3n) is 4.65. The van der Waals surface area contributed by atoms with Crippen LogP contribution in [-0.2, 0) is 13.0 Å². The maximum atomic E-state index is 13.8. The van der Waals surface area contributed by atoms with Gasteiger partial charge in [0.25, 0.3) is 5.91 Å². The molecule has 6 nitrogen and oxygen atoms in total. The number of halogens is 2. The van der Waals surface area contributed by atoms with Gasteiger partial charge in [-0.15, -0.1) is 0 Å².